The van der Waals surface area contributed by atoms with Crippen LogP contribution in [0.2, 0.25) is 0 Å². The molecule has 2 unspecified atom stereocenters. The number of hydrogen-bond acceptors (Lipinski definition) is 5. The van der Waals surface area contributed by atoms with Crippen LogP contribution in [-0.4, -0.2) is 49.7 Å². The van der Waals surface area contributed by atoms with Gasteiger partial charge in [0.05, 0.1) is 18.8 Å². The van der Waals surface area contributed by atoms with Crippen LogP contribution in [0.5, 0.6) is 0 Å². The third kappa shape index (κ3) is 6.99. The molecule has 36 heavy (non-hydrogen) atoms. The van der Waals surface area contributed by atoms with Crippen molar-refractivity contribution in [2.45, 2.75) is 110 Å². The first-order chi connectivity index (χ1) is 17.4. The van der Waals surface area contributed by atoms with E-state index in [-0.39, 0.29) is 41.9 Å². The Kier molecular flexibility index (Phi) is 10.1. The van der Waals surface area contributed by atoms with Crippen LogP contribution in [0.4, 0.5) is 4.39 Å². The zero-order valence-electron chi connectivity index (χ0n) is 22.3. The first-order valence-corrected chi connectivity index (χ1v) is 14.0. The molecule has 0 spiro atoms. The second kappa shape index (κ2) is 13.0. The van der Waals surface area contributed by atoms with Crippen LogP contribution < -0.4 is 0 Å². The Morgan fingerprint density at radius 3 is 2.50 bits per heavy atom. The van der Waals surface area contributed by atoms with Crippen molar-refractivity contribution < 1.29 is 28.4 Å². The van der Waals surface area contributed by atoms with E-state index in [1.165, 1.54) is 0 Å². The molecule has 2 heterocycles. The minimum absolute atomic E-state index is 0.0446. The van der Waals surface area contributed by atoms with E-state index in [1.807, 2.05) is 6.92 Å². The molecule has 4 rings (SSSR count). The Bertz CT molecular complexity index is 828. The Labute approximate surface area is 216 Å². The second-order valence-electron chi connectivity index (χ2n) is 11.6. The number of ether oxygens (including phenoxy) is 4. The number of fused-ring (bicyclic) bond motifs is 1. The van der Waals surface area contributed by atoms with Crippen molar-refractivity contribution in [2.24, 2.45) is 23.2 Å². The molecular formula is C30H45FO5. The zero-order valence-corrected chi connectivity index (χ0v) is 22.3. The number of allylic oxidation sites excluding steroid dienone is 1. The lowest BCUT2D eigenvalue weighted by Gasteiger charge is -2.35. The Balaban J connectivity index is 1.55. The zero-order chi connectivity index (χ0) is 25.5. The quantitative estimate of drug-likeness (QED) is 0.305. The molecule has 1 N–H and O–H groups in total. The molecule has 2 aliphatic heterocycles. The molecular weight excluding hydrogens is 459 g/mol. The highest BCUT2D eigenvalue weighted by Gasteiger charge is 2.48. The lowest BCUT2D eigenvalue weighted by molar-refractivity contribution is -0.197. The molecule has 0 amide bonds. The van der Waals surface area contributed by atoms with Crippen molar-refractivity contribution in [3.05, 3.63) is 23.6 Å². The van der Waals surface area contributed by atoms with Crippen LogP contribution in [0, 0.1) is 35.0 Å². The van der Waals surface area contributed by atoms with E-state index in [2.05, 4.69) is 37.8 Å². The van der Waals surface area contributed by atoms with Crippen molar-refractivity contribution in [1.82, 2.24) is 0 Å². The van der Waals surface area contributed by atoms with E-state index in [1.54, 1.807) is 0 Å². The van der Waals surface area contributed by atoms with Gasteiger partial charge in [0, 0.05) is 31.0 Å². The summed E-state index contributed by atoms with van der Waals surface area (Å²) < 4.78 is 39.2. The highest BCUT2D eigenvalue weighted by atomic mass is 19.1. The first-order valence-electron chi connectivity index (χ1n) is 14.0. The number of aliphatic hydroxyl groups excluding tert-OH is 1. The van der Waals surface area contributed by atoms with Gasteiger partial charge in [-0.15, -0.1) is 11.8 Å². The van der Waals surface area contributed by atoms with Crippen LogP contribution in [0.15, 0.2) is 23.6 Å². The van der Waals surface area contributed by atoms with E-state index < -0.39 is 6.61 Å². The van der Waals surface area contributed by atoms with Gasteiger partial charge >= 0.3 is 0 Å². The molecule has 5 nitrogen and oxygen atoms in total. The van der Waals surface area contributed by atoms with Crippen LogP contribution in [0.1, 0.15) is 85.0 Å². The predicted molar refractivity (Wildman–Crippen MR) is 137 cm³/mol. The molecule has 4 aliphatic rings. The van der Waals surface area contributed by atoms with Gasteiger partial charge in [0.25, 0.3) is 0 Å². The highest BCUT2D eigenvalue weighted by Crippen LogP contribution is 2.52. The standard InChI is InChI=1S/C30H45FO5/c1-4-5-14-30(2,3)27(36-29-11-7-9-16-34-29)13-12-23-24-18-22(25(31)20-32)17-21(24)19-26(23)35-28-10-6-8-15-33-28/h12-13,21,23-24,26-29,32H,6-11,14-20H2,1-3H3/b13-12+,25-22-/t21-,23+,24-,26+,27+,28?,29?/m0/s1. The van der Waals surface area contributed by atoms with Crippen molar-refractivity contribution in [3.8, 4) is 11.8 Å². The van der Waals surface area contributed by atoms with Crippen LogP contribution >= 0.6 is 0 Å². The smallest absolute Gasteiger partial charge is 0.158 e. The van der Waals surface area contributed by atoms with E-state index >= 15 is 0 Å². The molecule has 7 atom stereocenters. The summed E-state index contributed by atoms with van der Waals surface area (Å²) in [6, 6.07) is 0. The van der Waals surface area contributed by atoms with Crippen molar-refractivity contribution in [1.29, 1.82) is 0 Å². The highest BCUT2D eigenvalue weighted by molar-refractivity contribution is 5.21. The maximum Gasteiger partial charge on any atom is 0.158 e. The van der Waals surface area contributed by atoms with Gasteiger partial charge in [-0.1, -0.05) is 26.0 Å². The maximum atomic E-state index is 14.3. The Hall–Kier alpha value is -1.23. The minimum Gasteiger partial charge on any atom is -0.389 e. The summed E-state index contributed by atoms with van der Waals surface area (Å²) in [5.74, 6) is 6.73. The SMILES string of the molecule is CC#CCC(C)(C)[C@@H](/C=C/[C@@H]1[C@H]2C/C(=C(\F)CO)C[C@H]2C[C@H]1OC1CCCCO1)OC1CCCCO1. The van der Waals surface area contributed by atoms with Gasteiger partial charge in [0.15, 0.2) is 12.6 Å². The summed E-state index contributed by atoms with van der Waals surface area (Å²) in [4.78, 5) is 0. The molecule has 2 saturated heterocycles. The lowest BCUT2D eigenvalue weighted by Crippen LogP contribution is -2.36. The summed E-state index contributed by atoms with van der Waals surface area (Å²) in [6.07, 6.45) is 13.3. The van der Waals surface area contributed by atoms with Gasteiger partial charge in [-0.05, 0) is 82.1 Å². The number of halogens is 1. The molecule has 0 aromatic heterocycles. The molecule has 0 aromatic rings. The van der Waals surface area contributed by atoms with Crippen LogP contribution in [-0.2, 0) is 18.9 Å². The summed E-state index contributed by atoms with van der Waals surface area (Å²) >= 11 is 0. The Morgan fingerprint density at radius 2 is 1.86 bits per heavy atom. The normalized spacial score (nSPS) is 35.4. The van der Waals surface area contributed by atoms with Gasteiger partial charge < -0.3 is 24.1 Å². The molecule has 6 heteroatoms. The third-order valence-electron chi connectivity index (χ3n) is 8.48. The minimum atomic E-state index is -0.505. The van der Waals surface area contributed by atoms with E-state index in [0.717, 1.165) is 70.2 Å². The number of hydrogen-bond donors (Lipinski definition) is 1. The maximum absolute atomic E-state index is 14.3. The van der Waals surface area contributed by atoms with Gasteiger partial charge in [-0.3, -0.25) is 0 Å². The first kappa shape index (κ1) is 27.8. The number of rotatable bonds is 9. The van der Waals surface area contributed by atoms with Crippen molar-refractivity contribution in [3.63, 3.8) is 0 Å². The summed E-state index contributed by atoms with van der Waals surface area (Å²) in [6.45, 7) is 7.26. The van der Waals surface area contributed by atoms with Gasteiger partial charge in [0.2, 0.25) is 0 Å². The van der Waals surface area contributed by atoms with E-state index in [4.69, 9.17) is 18.9 Å². The monoisotopic (exact) mass is 504 g/mol. The van der Waals surface area contributed by atoms with Gasteiger partial charge in [0.1, 0.15) is 5.83 Å². The average molecular weight is 505 g/mol. The molecule has 0 aromatic carbocycles. The molecule has 2 aliphatic carbocycles. The summed E-state index contributed by atoms with van der Waals surface area (Å²) in [5.41, 5.74) is 0.588. The molecule has 0 bridgehead atoms. The summed E-state index contributed by atoms with van der Waals surface area (Å²) in [5, 5.41) is 9.36. The summed E-state index contributed by atoms with van der Waals surface area (Å²) in [7, 11) is 0. The molecule has 2 saturated carbocycles. The largest absolute Gasteiger partial charge is 0.389 e. The fraction of sp³-hybridized carbons (Fsp3) is 0.800. The fourth-order valence-electron chi connectivity index (χ4n) is 6.32. The molecule has 0 radical (unpaired) electrons. The topological polar surface area (TPSA) is 57.2 Å². The van der Waals surface area contributed by atoms with E-state index in [0.29, 0.717) is 24.7 Å². The predicted octanol–water partition coefficient (Wildman–Crippen LogP) is 6.07. The second-order valence-corrected chi connectivity index (χ2v) is 11.6. The van der Waals surface area contributed by atoms with Crippen molar-refractivity contribution >= 4 is 0 Å². The van der Waals surface area contributed by atoms with Gasteiger partial charge in [-0.25, -0.2) is 4.39 Å². The molecule has 4 fully saturated rings. The third-order valence-corrected chi connectivity index (χ3v) is 8.48. The average Bonchev–Trinajstić information content (AvgIpc) is 3.44. The fourth-order valence-corrected chi connectivity index (χ4v) is 6.32. The number of aliphatic hydroxyl groups is 1. The van der Waals surface area contributed by atoms with E-state index in [9.17, 15) is 9.50 Å². The van der Waals surface area contributed by atoms with Crippen LogP contribution in [0.25, 0.3) is 0 Å². The molecule has 202 valence electrons. The lowest BCUT2D eigenvalue weighted by atomic mass is 9.81. The van der Waals surface area contributed by atoms with Crippen molar-refractivity contribution in [2.75, 3.05) is 19.8 Å². The van der Waals surface area contributed by atoms with Crippen LogP contribution in [0.3, 0.4) is 0 Å². The van der Waals surface area contributed by atoms with Gasteiger partial charge in [-0.2, -0.15) is 0 Å². The Morgan fingerprint density at radius 1 is 1.14 bits per heavy atom.